The quantitative estimate of drug-likeness (QED) is 0.572. The van der Waals surface area contributed by atoms with Crippen molar-refractivity contribution in [2.45, 2.75) is 25.9 Å². The number of para-hydroxylation sites is 1. The van der Waals surface area contributed by atoms with Gasteiger partial charge >= 0.3 is 5.97 Å². The maximum absolute atomic E-state index is 13.6. The van der Waals surface area contributed by atoms with E-state index < -0.39 is 35.6 Å². The highest BCUT2D eigenvalue weighted by Gasteiger charge is 2.34. The number of hydrogen-bond donors (Lipinski definition) is 1. The van der Waals surface area contributed by atoms with Gasteiger partial charge < -0.3 is 10.1 Å². The van der Waals surface area contributed by atoms with Crippen molar-refractivity contribution in [1.29, 1.82) is 0 Å². The molecule has 0 saturated carbocycles. The number of carbonyl (C=O) groups is 4. The highest BCUT2D eigenvalue weighted by atomic mass is 19.1. The summed E-state index contributed by atoms with van der Waals surface area (Å²) in [6, 6.07) is 12.2. The molecule has 1 heterocycles. The molecular weight excluding hydrogens is 379 g/mol. The summed E-state index contributed by atoms with van der Waals surface area (Å²) in [7, 11) is 0. The summed E-state index contributed by atoms with van der Waals surface area (Å²) in [5, 5.41) is 2.35. The summed E-state index contributed by atoms with van der Waals surface area (Å²) in [5.41, 5.74) is 0.683. The number of hydrogen-bond acceptors (Lipinski definition) is 5. The largest absolute Gasteiger partial charge is 0.453 e. The van der Waals surface area contributed by atoms with Crippen molar-refractivity contribution < 1.29 is 28.3 Å². The number of amides is 3. The molecule has 0 aromatic heterocycles. The second-order valence-electron chi connectivity index (χ2n) is 6.51. The summed E-state index contributed by atoms with van der Waals surface area (Å²) in [4.78, 5) is 49.6. The van der Waals surface area contributed by atoms with Gasteiger partial charge in [-0.3, -0.25) is 24.1 Å². The summed E-state index contributed by atoms with van der Waals surface area (Å²) in [6.45, 7) is 1.44. The van der Waals surface area contributed by atoms with Crippen LogP contribution >= 0.6 is 0 Å². The molecule has 1 N–H and O–H groups in total. The number of ether oxygens (including phenoxy) is 1. The molecule has 1 atom stereocenters. The lowest BCUT2D eigenvalue weighted by Crippen LogP contribution is -2.32. The Hall–Kier alpha value is -3.55. The van der Waals surface area contributed by atoms with Crippen LogP contribution in [0.1, 0.15) is 40.5 Å². The van der Waals surface area contributed by atoms with Crippen molar-refractivity contribution in [1.82, 2.24) is 4.90 Å². The Morgan fingerprint density at radius 3 is 2.24 bits per heavy atom. The zero-order valence-electron chi connectivity index (χ0n) is 15.7. The first-order valence-corrected chi connectivity index (χ1v) is 9.08. The average Bonchev–Trinajstić information content (AvgIpc) is 2.94. The molecule has 0 unspecified atom stereocenters. The molecular formula is C21H19FN2O5. The van der Waals surface area contributed by atoms with E-state index in [4.69, 9.17) is 4.74 Å². The number of carbonyl (C=O) groups excluding carboxylic acids is 4. The number of rotatable bonds is 7. The third kappa shape index (κ3) is 4.48. The Balaban J connectivity index is 1.45. The normalized spacial score (nSPS) is 13.8. The molecule has 1 aliphatic heterocycles. The molecule has 3 rings (SSSR count). The number of nitrogens with zero attached hydrogens (tertiary/aromatic N) is 1. The predicted molar refractivity (Wildman–Crippen MR) is 102 cm³/mol. The molecule has 0 spiro atoms. The van der Waals surface area contributed by atoms with Gasteiger partial charge in [0, 0.05) is 13.0 Å². The molecule has 8 heteroatoms. The molecule has 3 amide bonds. The van der Waals surface area contributed by atoms with Crippen LogP contribution in [-0.4, -0.2) is 41.2 Å². The van der Waals surface area contributed by atoms with E-state index in [0.29, 0.717) is 11.1 Å². The van der Waals surface area contributed by atoms with Gasteiger partial charge in [0.25, 0.3) is 17.7 Å². The number of halogens is 1. The van der Waals surface area contributed by atoms with Crippen molar-refractivity contribution in [2.24, 2.45) is 0 Å². The molecule has 0 fully saturated rings. The second kappa shape index (κ2) is 8.64. The Bertz CT molecular complexity index is 940. The van der Waals surface area contributed by atoms with Gasteiger partial charge in [0.1, 0.15) is 5.82 Å². The third-order valence-corrected chi connectivity index (χ3v) is 4.45. The second-order valence-corrected chi connectivity index (χ2v) is 6.51. The number of imide groups is 1. The summed E-state index contributed by atoms with van der Waals surface area (Å²) in [5.74, 6) is -2.70. The molecule has 0 radical (unpaired) electrons. The van der Waals surface area contributed by atoms with Crippen LogP contribution in [-0.2, 0) is 14.3 Å². The zero-order chi connectivity index (χ0) is 21.0. The van der Waals surface area contributed by atoms with Gasteiger partial charge in [-0.1, -0.05) is 24.3 Å². The van der Waals surface area contributed by atoms with E-state index in [2.05, 4.69) is 5.32 Å². The van der Waals surface area contributed by atoms with Crippen molar-refractivity contribution in [2.75, 3.05) is 11.9 Å². The van der Waals surface area contributed by atoms with Crippen LogP contribution < -0.4 is 5.32 Å². The minimum absolute atomic E-state index is 0.00831. The lowest BCUT2D eigenvalue weighted by molar-refractivity contribution is -0.153. The molecule has 0 bridgehead atoms. The van der Waals surface area contributed by atoms with E-state index >= 15 is 0 Å². The number of fused-ring (bicyclic) bond motifs is 1. The monoisotopic (exact) mass is 398 g/mol. The van der Waals surface area contributed by atoms with Crippen molar-refractivity contribution >= 4 is 29.4 Å². The van der Waals surface area contributed by atoms with Crippen LogP contribution in [0.15, 0.2) is 48.5 Å². The van der Waals surface area contributed by atoms with E-state index in [0.717, 1.165) is 4.90 Å². The Morgan fingerprint density at radius 2 is 1.62 bits per heavy atom. The molecule has 0 aliphatic carbocycles. The van der Waals surface area contributed by atoms with Gasteiger partial charge in [-0.05, 0) is 37.6 Å². The van der Waals surface area contributed by atoms with Gasteiger partial charge in [0.15, 0.2) is 6.10 Å². The number of esters is 1. The maximum Gasteiger partial charge on any atom is 0.306 e. The number of anilines is 1. The fourth-order valence-electron chi connectivity index (χ4n) is 2.93. The van der Waals surface area contributed by atoms with Crippen LogP contribution in [0.4, 0.5) is 10.1 Å². The first-order valence-electron chi connectivity index (χ1n) is 9.08. The summed E-state index contributed by atoms with van der Waals surface area (Å²) < 4.78 is 18.6. The Kier molecular flexibility index (Phi) is 6.01. The molecule has 150 valence electrons. The number of benzene rings is 2. The maximum atomic E-state index is 13.6. The molecule has 0 saturated heterocycles. The van der Waals surface area contributed by atoms with Crippen LogP contribution in [0, 0.1) is 5.82 Å². The van der Waals surface area contributed by atoms with Crippen LogP contribution in [0.25, 0.3) is 0 Å². The molecule has 1 aliphatic rings. The SMILES string of the molecule is C[C@H](OC(=O)CCCN1C(=O)c2ccccc2C1=O)C(=O)Nc1ccccc1F. The highest BCUT2D eigenvalue weighted by Crippen LogP contribution is 2.22. The zero-order valence-corrected chi connectivity index (χ0v) is 15.7. The Morgan fingerprint density at radius 1 is 1.03 bits per heavy atom. The minimum Gasteiger partial charge on any atom is -0.453 e. The molecule has 2 aromatic rings. The molecule has 29 heavy (non-hydrogen) atoms. The van der Waals surface area contributed by atoms with Gasteiger partial charge in [-0.15, -0.1) is 0 Å². The average molecular weight is 398 g/mol. The van der Waals surface area contributed by atoms with Gasteiger partial charge in [0.2, 0.25) is 0 Å². The highest BCUT2D eigenvalue weighted by molar-refractivity contribution is 6.21. The molecule has 7 nitrogen and oxygen atoms in total. The van der Waals surface area contributed by atoms with Gasteiger partial charge in [-0.2, -0.15) is 0 Å². The lowest BCUT2D eigenvalue weighted by Gasteiger charge is -2.15. The predicted octanol–water partition coefficient (Wildman–Crippen LogP) is 2.77. The minimum atomic E-state index is -1.12. The van der Waals surface area contributed by atoms with Crippen molar-refractivity contribution in [3.05, 3.63) is 65.5 Å². The first kappa shape index (κ1) is 20.2. The van der Waals surface area contributed by atoms with Crippen LogP contribution in [0.2, 0.25) is 0 Å². The summed E-state index contributed by atoms with van der Waals surface area (Å²) >= 11 is 0. The lowest BCUT2D eigenvalue weighted by atomic mass is 10.1. The van der Waals surface area contributed by atoms with E-state index in [1.165, 1.54) is 25.1 Å². The van der Waals surface area contributed by atoms with E-state index in [1.807, 2.05) is 0 Å². The topological polar surface area (TPSA) is 92.8 Å². The summed E-state index contributed by atoms with van der Waals surface area (Å²) in [6.07, 6.45) is -1.00. The third-order valence-electron chi connectivity index (χ3n) is 4.45. The van der Waals surface area contributed by atoms with Gasteiger partial charge in [0.05, 0.1) is 16.8 Å². The molecule has 2 aromatic carbocycles. The van der Waals surface area contributed by atoms with E-state index in [1.54, 1.807) is 30.3 Å². The van der Waals surface area contributed by atoms with Crippen LogP contribution in [0.5, 0.6) is 0 Å². The van der Waals surface area contributed by atoms with Gasteiger partial charge in [-0.25, -0.2) is 4.39 Å². The van der Waals surface area contributed by atoms with E-state index in [9.17, 15) is 23.6 Å². The van der Waals surface area contributed by atoms with E-state index in [-0.39, 0.29) is 25.1 Å². The smallest absolute Gasteiger partial charge is 0.306 e. The Labute approximate surface area is 166 Å². The first-order chi connectivity index (χ1) is 13.9. The van der Waals surface area contributed by atoms with Crippen LogP contribution in [0.3, 0.4) is 0 Å². The fourth-order valence-corrected chi connectivity index (χ4v) is 2.93. The van der Waals surface area contributed by atoms with Crippen molar-refractivity contribution in [3.8, 4) is 0 Å². The van der Waals surface area contributed by atoms with Crippen molar-refractivity contribution in [3.63, 3.8) is 0 Å². The number of nitrogens with one attached hydrogen (secondary N) is 1. The fraction of sp³-hybridized carbons (Fsp3) is 0.238. The standard InChI is InChI=1S/C21H19FN2O5/c1-13(19(26)23-17-10-5-4-9-16(17)22)29-18(25)11-6-12-24-20(27)14-7-2-3-8-15(14)21(24)28/h2-5,7-10,13H,6,11-12H2,1H3,(H,23,26)/t13-/m0/s1.